The molecule has 1 aliphatic heterocycles. The quantitative estimate of drug-likeness (QED) is 0.903. The number of nitrogens with zero attached hydrogens (tertiary/aromatic N) is 1. The first kappa shape index (κ1) is 12.0. The molecule has 3 nitrogen and oxygen atoms in total. The topological polar surface area (TPSA) is 32.3 Å². The van der Waals surface area contributed by atoms with Crippen LogP contribution >= 0.6 is 11.6 Å². The van der Waals surface area contributed by atoms with Crippen LogP contribution in [0.2, 0.25) is 5.02 Å². The van der Waals surface area contributed by atoms with Gasteiger partial charge in [0.2, 0.25) is 5.91 Å². The van der Waals surface area contributed by atoms with E-state index in [0.29, 0.717) is 6.04 Å². The van der Waals surface area contributed by atoms with Gasteiger partial charge in [0.25, 0.3) is 0 Å². The molecular formula is C14H17ClN2O. The van der Waals surface area contributed by atoms with Gasteiger partial charge in [-0.05, 0) is 30.5 Å². The van der Waals surface area contributed by atoms with Crippen LogP contribution in [0, 0.1) is 5.92 Å². The predicted octanol–water partition coefficient (Wildman–Crippen LogP) is 2.05. The van der Waals surface area contributed by atoms with Crippen LogP contribution in [0.3, 0.4) is 0 Å². The van der Waals surface area contributed by atoms with Gasteiger partial charge in [-0.25, -0.2) is 0 Å². The minimum Gasteiger partial charge on any atom is -0.353 e. The number of rotatable bonds is 4. The number of benzene rings is 1. The first-order valence-electron chi connectivity index (χ1n) is 6.48. The van der Waals surface area contributed by atoms with Gasteiger partial charge >= 0.3 is 0 Å². The number of halogens is 1. The molecule has 1 N–H and O–H groups in total. The maximum Gasteiger partial charge on any atom is 0.225 e. The van der Waals surface area contributed by atoms with Crippen molar-refractivity contribution in [3.63, 3.8) is 0 Å². The fourth-order valence-corrected chi connectivity index (χ4v) is 2.52. The van der Waals surface area contributed by atoms with Crippen LogP contribution in [0.15, 0.2) is 24.3 Å². The van der Waals surface area contributed by atoms with Gasteiger partial charge in [0.05, 0.1) is 5.92 Å². The summed E-state index contributed by atoms with van der Waals surface area (Å²) in [6.45, 7) is 2.61. The number of carbonyl (C=O) groups excluding carboxylic acids is 1. The van der Waals surface area contributed by atoms with E-state index >= 15 is 0 Å². The van der Waals surface area contributed by atoms with E-state index in [4.69, 9.17) is 11.6 Å². The van der Waals surface area contributed by atoms with Crippen LogP contribution in [-0.4, -0.2) is 29.9 Å². The SMILES string of the molecule is O=C(NC1CC1)C1CN(Cc2cccc(Cl)c2)C1. The largest absolute Gasteiger partial charge is 0.353 e. The summed E-state index contributed by atoms with van der Waals surface area (Å²) in [6, 6.07) is 8.38. The van der Waals surface area contributed by atoms with Crippen molar-refractivity contribution < 1.29 is 4.79 Å². The number of amides is 1. The number of hydrogen-bond donors (Lipinski definition) is 1. The molecule has 1 saturated heterocycles. The fourth-order valence-electron chi connectivity index (χ4n) is 2.31. The van der Waals surface area contributed by atoms with Crippen LogP contribution in [0.25, 0.3) is 0 Å². The van der Waals surface area contributed by atoms with Crippen molar-refractivity contribution in [1.29, 1.82) is 0 Å². The second kappa shape index (κ2) is 4.90. The third-order valence-corrected chi connectivity index (χ3v) is 3.78. The summed E-state index contributed by atoms with van der Waals surface area (Å²) < 4.78 is 0. The number of carbonyl (C=O) groups is 1. The van der Waals surface area contributed by atoms with Crippen molar-refractivity contribution in [3.05, 3.63) is 34.9 Å². The highest BCUT2D eigenvalue weighted by molar-refractivity contribution is 6.30. The van der Waals surface area contributed by atoms with E-state index in [0.717, 1.165) is 37.5 Å². The Labute approximate surface area is 112 Å². The number of hydrogen-bond acceptors (Lipinski definition) is 2. The lowest BCUT2D eigenvalue weighted by Crippen LogP contribution is -2.53. The minimum absolute atomic E-state index is 0.185. The molecule has 0 aromatic heterocycles. The smallest absolute Gasteiger partial charge is 0.225 e. The summed E-state index contributed by atoms with van der Waals surface area (Å²) >= 11 is 5.95. The Morgan fingerprint density at radius 2 is 2.17 bits per heavy atom. The highest BCUT2D eigenvalue weighted by atomic mass is 35.5. The zero-order valence-electron chi connectivity index (χ0n) is 10.2. The normalized spacial score (nSPS) is 20.5. The third kappa shape index (κ3) is 2.85. The van der Waals surface area contributed by atoms with E-state index in [1.54, 1.807) is 0 Å². The van der Waals surface area contributed by atoms with Crippen LogP contribution in [0.5, 0.6) is 0 Å². The second-order valence-corrected chi connectivity index (χ2v) is 5.74. The van der Waals surface area contributed by atoms with Gasteiger partial charge in [0.1, 0.15) is 0 Å². The van der Waals surface area contributed by atoms with Gasteiger partial charge in [-0.15, -0.1) is 0 Å². The van der Waals surface area contributed by atoms with Crippen LogP contribution in [-0.2, 0) is 11.3 Å². The van der Waals surface area contributed by atoms with Gasteiger partial charge < -0.3 is 5.32 Å². The van der Waals surface area contributed by atoms with E-state index in [9.17, 15) is 4.79 Å². The van der Waals surface area contributed by atoms with E-state index in [1.807, 2.05) is 18.2 Å². The lowest BCUT2D eigenvalue weighted by Gasteiger charge is -2.38. The molecule has 0 radical (unpaired) electrons. The highest BCUT2D eigenvalue weighted by Crippen LogP contribution is 2.23. The van der Waals surface area contributed by atoms with Crippen molar-refractivity contribution in [2.24, 2.45) is 5.92 Å². The van der Waals surface area contributed by atoms with Gasteiger partial charge in [-0.2, -0.15) is 0 Å². The molecule has 18 heavy (non-hydrogen) atoms. The zero-order valence-corrected chi connectivity index (χ0v) is 11.0. The Hall–Kier alpha value is -1.06. The lowest BCUT2D eigenvalue weighted by atomic mass is 9.98. The van der Waals surface area contributed by atoms with Crippen molar-refractivity contribution in [2.45, 2.75) is 25.4 Å². The van der Waals surface area contributed by atoms with Gasteiger partial charge in [0, 0.05) is 30.7 Å². The molecular weight excluding hydrogens is 248 g/mol. The summed E-state index contributed by atoms with van der Waals surface area (Å²) in [4.78, 5) is 14.0. The van der Waals surface area contributed by atoms with E-state index < -0.39 is 0 Å². The van der Waals surface area contributed by atoms with E-state index in [1.165, 1.54) is 5.56 Å². The maximum atomic E-state index is 11.8. The van der Waals surface area contributed by atoms with Crippen LogP contribution in [0.1, 0.15) is 18.4 Å². The Morgan fingerprint density at radius 1 is 1.39 bits per heavy atom. The van der Waals surface area contributed by atoms with Gasteiger partial charge in [-0.3, -0.25) is 9.69 Å². The lowest BCUT2D eigenvalue weighted by molar-refractivity contribution is -0.130. The van der Waals surface area contributed by atoms with Crippen molar-refractivity contribution in [3.8, 4) is 0 Å². The third-order valence-electron chi connectivity index (χ3n) is 3.55. The molecule has 1 heterocycles. The first-order valence-corrected chi connectivity index (χ1v) is 6.86. The summed E-state index contributed by atoms with van der Waals surface area (Å²) in [5, 5.41) is 3.84. The molecule has 2 fully saturated rings. The molecule has 96 valence electrons. The monoisotopic (exact) mass is 264 g/mol. The molecule has 0 atom stereocenters. The summed E-state index contributed by atoms with van der Waals surface area (Å²) in [5.41, 5.74) is 1.21. The Kier molecular flexibility index (Phi) is 3.27. The van der Waals surface area contributed by atoms with E-state index in [2.05, 4.69) is 16.3 Å². The maximum absolute atomic E-state index is 11.8. The number of likely N-dealkylation sites (tertiary alicyclic amines) is 1. The Morgan fingerprint density at radius 3 is 2.83 bits per heavy atom. The van der Waals surface area contributed by atoms with Gasteiger partial charge in [-0.1, -0.05) is 23.7 Å². The van der Waals surface area contributed by atoms with Crippen molar-refractivity contribution in [1.82, 2.24) is 10.2 Å². The molecule has 3 rings (SSSR count). The number of nitrogens with one attached hydrogen (secondary N) is 1. The Bertz CT molecular complexity index is 453. The van der Waals surface area contributed by atoms with Gasteiger partial charge in [0.15, 0.2) is 0 Å². The molecule has 0 spiro atoms. The zero-order chi connectivity index (χ0) is 12.5. The van der Waals surface area contributed by atoms with Crippen molar-refractivity contribution >= 4 is 17.5 Å². The molecule has 1 saturated carbocycles. The Balaban J connectivity index is 1.45. The predicted molar refractivity (Wildman–Crippen MR) is 71.4 cm³/mol. The standard InChI is InChI=1S/C14H17ClN2O/c15-12-3-1-2-10(6-12)7-17-8-11(9-17)14(18)16-13-4-5-13/h1-3,6,11,13H,4-5,7-9H2,(H,16,18). The minimum atomic E-state index is 0.185. The summed E-state index contributed by atoms with van der Waals surface area (Å²) in [5.74, 6) is 0.421. The average Bonchev–Trinajstić information content (AvgIpc) is 3.06. The molecule has 1 aromatic rings. The molecule has 1 amide bonds. The molecule has 1 aromatic carbocycles. The average molecular weight is 265 g/mol. The molecule has 4 heteroatoms. The second-order valence-electron chi connectivity index (χ2n) is 5.30. The summed E-state index contributed by atoms with van der Waals surface area (Å²) in [7, 11) is 0. The van der Waals surface area contributed by atoms with Crippen LogP contribution < -0.4 is 5.32 Å². The highest BCUT2D eigenvalue weighted by Gasteiger charge is 2.35. The molecule has 0 unspecified atom stereocenters. The summed E-state index contributed by atoms with van der Waals surface area (Å²) in [6.07, 6.45) is 2.31. The first-order chi connectivity index (χ1) is 8.70. The fraction of sp³-hybridized carbons (Fsp3) is 0.500. The van der Waals surface area contributed by atoms with Crippen LogP contribution in [0.4, 0.5) is 0 Å². The molecule has 2 aliphatic rings. The van der Waals surface area contributed by atoms with E-state index in [-0.39, 0.29) is 11.8 Å². The molecule has 1 aliphatic carbocycles. The van der Waals surface area contributed by atoms with Crippen molar-refractivity contribution in [2.75, 3.05) is 13.1 Å². The molecule has 0 bridgehead atoms.